The molecule has 4 nitrogen and oxygen atoms in total. The fraction of sp³-hybridized carbons (Fsp3) is 0.769. The highest BCUT2D eigenvalue weighted by Gasteiger charge is 2.23. The third-order valence-corrected chi connectivity index (χ3v) is 3.98. The molecule has 1 aliphatic rings. The summed E-state index contributed by atoms with van der Waals surface area (Å²) in [7, 11) is 2.21. The Morgan fingerprint density at radius 1 is 1.47 bits per heavy atom. The van der Waals surface area contributed by atoms with E-state index in [1.165, 1.54) is 11.4 Å². The summed E-state index contributed by atoms with van der Waals surface area (Å²) in [6.45, 7) is 8.87. The number of rotatable bonds is 4. The van der Waals surface area contributed by atoms with E-state index in [-0.39, 0.29) is 0 Å². The number of imidazole rings is 1. The van der Waals surface area contributed by atoms with Gasteiger partial charge >= 0.3 is 0 Å². The van der Waals surface area contributed by atoms with Crippen molar-refractivity contribution in [1.82, 2.24) is 20.2 Å². The Kier molecular flexibility index (Phi) is 3.84. The van der Waals surface area contributed by atoms with Crippen LogP contribution in [0.1, 0.15) is 32.2 Å². The molecule has 0 aromatic carbocycles. The lowest BCUT2D eigenvalue weighted by molar-refractivity contribution is 0.184. The number of likely N-dealkylation sites (N-methyl/N-ethyl adjacent to an activating group) is 1. The van der Waals surface area contributed by atoms with Crippen molar-refractivity contribution in [1.29, 1.82) is 0 Å². The molecule has 0 fully saturated rings. The molecule has 0 saturated carbocycles. The summed E-state index contributed by atoms with van der Waals surface area (Å²) in [5.41, 5.74) is 2.49. The van der Waals surface area contributed by atoms with Crippen LogP contribution in [0.5, 0.6) is 0 Å². The second-order valence-corrected chi connectivity index (χ2v) is 5.53. The predicted molar refractivity (Wildman–Crippen MR) is 69.8 cm³/mol. The lowest BCUT2D eigenvalue weighted by Gasteiger charge is -2.33. The van der Waals surface area contributed by atoms with Crippen molar-refractivity contribution in [2.45, 2.75) is 45.8 Å². The summed E-state index contributed by atoms with van der Waals surface area (Å²) in [4.78, 5) is 10.0. The third-order valence-electron chi connectivity index (χ3n) is 3.98. The Hall–Kier alpha value is -0.870. The fourth-order valence-corrected chi connectivity index (χ4v) is 2.38. The molecular weight excluding hydrogens is 212 g/mol. The quantitative estimate of drug-likeness (QED) is 0.830. The first-order chi connectivity index (χ1) is 8.08. The zero-order valence-electron chi connectivity index (χ0n) is 11.3. The fourth-order valence-electron chi connectivity index (χ4n) is 2.38. The van der Waals surface area contributed by atoms with Gasteiger partial charge in [0.15, 0.2) is 0 Å². The molecule has 0 bridgehead atoms. The number of aromatic nitrogens is 2. The second kappa shape index (κ2) is 5.19. The highest BCUT2D eigenvalue weighted by atomic mass is 15.2. The molecule has 0 amide bonds. The Morgan fingerprint density at radius 3 is 2.94 bits per heavy atom. The lowest BCUT2D eigenvalue weighted by Crippen LogP contribution is -2.47. The normalized spacial score (nSPS) is 21.9. The van der Waals surface area contributed by atoms with Crippen molar-refractivity contribution in [2.24, 2.45) is 5.92 Å². The van der Waals surface area contributed by atoms with Gasteiger partial charge in [0.2, 0.25) is 0 Å². The predicted octanol–water partition coefficient (Wildman–Crippen LogP) is 1.40. The number of nitrogens with zero attached hydrogens (tertiary/aromatic N) is 2. The first kappa shape index (κ1) is 12.6. The van der Waals surface area contributed by atoms with Crippen LogP contribution >= 0.6 is 0 Å². The zero-order valence-corrected chi connectivity index (χ0v) is 11.3. The first-order valence-corrected chi connectivity index (χ1v) is 6.52. The van der Waals surface area contributed by atoms with E-state index in [9.17, 15) is 0 Å². The zero-order chi connectivity index (χ0) is 12.4. The minimum absolute atomic E-state index is 0.525. The van der Waals surface area contributed by atoms with E-state index in [1.807, 2.05) is 0 Å². The SMILES string of the molecule is CC(C)C(C)N(C)CC1Cc2nc[nH]c2CN1. The molecule has 96 valence electrons. The topological polar surface area (TPSA) is 44.0 Å². The summed E-state index contributed by atoms with van der Waals surface area (Å²) in [6.07, 6.45) is 2.84. The maximum absolute atomic E-state index is 4.38. The first-order valence-electron chi connectivity index (χ1n) is 6.52. The van der Waals surface area contributed by atoms with Crippen molar-refractivity contribution in [2.75, 3.05) is 13.6 Å². The van der Waals surface area contributed by atoms with Crippen LogP contribution in [0.4, 0.5) is 0 Å². The van der Waals surface area contributed by atoms with E-state index in [4.69, 9.17) is 0 Å². The van der Waals surface area contributed by atoms with Gasteiger partial charge in [-0.3, -0.25) is 0 Å². The Balaban J connectivity index is 1.89. The number of aromatic amines is 1. The van der Waals surface area contributed by atoms with Crippen molar-refractivity contribution in [3.05, 3.63) is 17.7 Å². The van der Waals surface area contributed by atoms with Crippen molar-refractivity contribution >= 4 is 0 Å². The van der Waals surface area contributed by atoms with Crippen molar-refractivity contribution in [3.63, 3.8) is 0 Å². The molecular formula is C13H24N4. The van der Waals surface area contributed by atoms with Crippen LogP contribution < -0.4 is 5.32 Å². The monoisotopic (exact) mass is 236 g/mol. The van der Waals surface area contributed by atoms with Gasteiger partial charge in [-0.2, -0.15) is 0 Å². The average Bonchev–Trinajstić information content (AvgIpc) is 2.74. The molecule has 0 saturated heterocycles. The number of nitrogens with one attached hydrogen (secondary N) is 2. The summed E-state index contributed by atoms with van der Waals surface area (Å²) >= 11 is 0. The summed E-state index contributed by atoms with van der Waals surface area (Å²) in [5, 5.41) is 3.57. The maximum Gasteiger partial charge on any atom is 0.0925 e. The lowest BCUT2D eigenvalue weighted by atomic mass is 10.0. The molecule has 17 heavy (non-hydrogen) atoms. The molecule has 2 N–H and O–H groups in total. The van der Waals surface area contributed by atoms with Crippen LogP contribution in [0.25, 0.3) is 0 Å². The van der Waals surface area contributed by atoms with Crippen LogP contribution in [-0.2, 0) is 13.0 Å². The minimum Gasteiger partial charge on any atom is -0.347 e. The number of hydrogen-bond donors (Lipinski definition) is 2. The smallest absolute Gasteiger partial charge is 0.0925 e. The van der Waals surface area contributed by atoms with Crippen LogP contribution in [-0.4, -0.2) is 40.5 Å². The van der Waals surface area contributed by atoms with Gasteiger partial charge in [0.1, 0.15) is 0 Å². The Labute approximate surface area is 104 Å². The van der Waals surface area contributed by atoms with Crippen LogP contribution in [0, 0.1) is 5.92 Å². The molecule has 4 heteroatoms. The average molecular weight is 236 g/mol. The number of fused-ring (bicyclic) bond motifs is 1. The minimum atomic E-state index is 0.525. The van der Waals surface area contributed by atoms with Gasteiger partial charge in [0.25, 0.3) is 0 Å². The van der Waals surface area contributed by atoms with E-state index in [0.29, 0.717) is 18.0 Å². The molecule has 2 rings (SSSR count). The summed E-state index contributed by atoms with van der Waals surface area (Å²) in [5.74, 6) is 0.699. The van der Waals surface area contributed by atoms with Gasteiger partial charge in [-0.25, -0.2) is 4.98 Å². The van der Waals surface area contributed by atoms with Crippen LogP contribution in [0.3, 0.4) is 0 Å². The maximum atomic E-state index is 4.38. The molecule has 2 atom stereocenters. The molecule has 2 unspecified atom stereocenters. The third kappa shape index (κ3) is 2.87. The van der Waals surface area contributed by atoms with E-state index in [1.54, 1.807) is 6.33 Å². The largest absolute Gasteiger partial charge is 0.347 e. The van der Waals surface area contributed by atoms with E-state index >= 15 is 0 Å². The Bertz CT molecular complexity index is 358. The molecule has 1 aromatic heterocycles. The standard InChI is InChI=1S/C13H24N4/c1-9(2)10(3)17(4)7-11-5-12-13(6-14-11)16-8-15-12/h8-11,14H,5-7H2,1-4H3,(H,15,16). The highest BCUT2D eigenvalue weighted by Crippen LogP contribution is 2.15. The van der Waals surface area contributed by atoms with Gasteiger partial charge < -0.3 is 15.2 Å². The highest BCUT2D eigenvalue weighted by molar-refractivity contribution is 5.15. The van der Waals surface area contributed by atoms with Crippen LogP contribution in [0.15, 0.2) is 6.33 Å². The number of hydrogen-bond acceptors (Lipinski definition) is 3. The van der Waals surface area contributed by atoms with Gasteiger partial charge in [-0.1, -0.05) is 13.8 Å². The van der Waals surface area contributed by atoms with E-state index < -0.39 is 0 Å². The van der Waals surface area contributed by atoms with Gasteiger partial charge in [-0.15, -0.1) is 0 Å². The number of H-pyrrole nitrogens is 1. The van der Waals surface area contributed by atoms with Gasteiger partial charge in [0, 0.05) is 31.6 Å². The van der Waals surface area contributed by atoms with E-state index in [2.05, 4.69) is 48.0 Å². The second-order valence-electron chi connectivity index (χ2n) is 5.53. The molecule has 1 aliphatic heterocycles. The molecule has 2 heterocycles. The molecule has 0 spiro atoms. The molecule has 0 aliphatic carbocycles. The molecule has 0 radical (unpaired) electrons. The summed E-state index contributed by atoms with van der Waals surface area (Å²) in [6, 6.07) is 1.15. The van der Waals surface area contributed by atoms with Crippen molar-refractivity contribution in [3.8, 4) is 0 Å². The van der Waals surface area contributed by atoms with Gasteiger partial charge in [-0.05, 0) is 19.9 Å². The van der Waals surface area contributed by atoms with E-state index in [0.717, 1.165) is 19.5 Å². The van der Waals surface area contributed by atoms with Gasteiger partial charge in [0.05, 0.1) is 17.7 Å². The van der Waals surface area contributed by atoms with Crippen molar-refractivity contribution < 1.29 is 0 Å². The van der Waals surface area contributed by atoms with Crippen LogP contribution in [0.2, 0.25) is 0 Å². The summed E-state index contributed by atoms with van der Waals surface area (Å²) < 4.78 is 0. The molecule has 1 aromatic rings. The Morgan fingerprint density at radius 2 is 2.24 bits per heavy atom.